The van der Waals surface area contributed by atoms with Crippen LogP contribution in [0, 0.1) is 5.41 Å². The lowest BCUT2D eigenvalue weighted by Gasteiger charge is -2.42. The Morgan fingerprint density at radius 2 is 2.00 bits per heavy atom. The minimum Gasteiger partial charge on any atom is -0.475 e. The van der Waals surface area contributed by atoms with E-state index < -0.39 is 17.6 Å². The fraction of sp³-hybridized carbons (Fsp3) is 0.600. The molecule has 2 atom stereocenters. The first-order valence-corrected chi connectivity index (χ1v) is 9.64. The number of hydrogen-bond acceptors (Lipinski definition) is 5. The Balaban J connectivity index is 0.000000396. The molecule has 3 rings (SSSR count). The second-order valence-corrected chi connectivity index (χ2v) is 7.30. The van der Waals surface area contributed by atoms with Crippen LogP contribution in [0.3, 0.4) is 0 Å². The fourth-order valence-electron chi connectivity index (χ4n) is 3.77. The van der Waals surface area contributed by atoms with Gasteiger partial charge in [-0.25, -0.2) is 4.79 Å². The van der Waals surface area contributed by atoms with Gasteiger partial charge in [-0.2, -0.15) is 13.2 Å². The van der Waals surface area contributed by atoms with Crippen molar-refractivity contribution >= 4 is 11.9 Å². The van der Waals surface area contributed by atoms with Crippen molar-refractivity contribution in [2.75, 3.05) is 40.0 Å². The van der Waals surface area contributed by atoms with E-state index in [2.05, 4.69) is 34.5 Å². The molecule has 0 spiro atoms. The first kappa shape index (κ1) is 24.1. The fourth-order valence-corrected chi connectivity index (χ4v) is 3.77. The van der Waals surface area contributed by atoms with Gasteiger partial charge in [-0.1, -0.05) is 30.3 Å². The molecule has 10 heteroatoms. The minimum absolute atomic E-state index is 0.0528. The van der Waals surface area contributed by atoms with Crippen LogP contribution in [0.15, 0.2) is 30.3 Å². The molecular formula is C20H27F3N2O5. The van der Waals surface area contributed by atoms with Crippen LogP contribution in [0.5, 0.6) is 0 Å². The van der Waals surface area contributed by atoms with Crippen molar-refractivity contribution in [1.29, 1.82) is 0 Å². The number of fused-ring (bicyclic) bond motifs is 1. The molecule has 30 heavy (non-hydrogen) atoms. The Morgan fingerprint density at radius 3 is 2.60 bits per heavy atom. The van der Waals surface area contributed by atoms with E-state index in [1.54, 1.807) is 7.11 Å². The SMILES string of the molecule is COCCNC(=O)[C@@]12CCO[C@@H]1CCN(Cc1ccccc1)C2.O=C(O)C(F)(F)F. The van der Waals surface area contributed by atoms with Crippen LogP contribution < -0.4 is 5.32 Å². The second-order valence-electron chi connectivity index (χ2n) is 7.30. The van der Waals surface area contributed by atoms with Crippen LogP contribution in [0.1, 0.15) is 18.4 Å². The number of amides is 1. The number of carboxylic acid groups (broad SMARTS) is 1. The summed E-state index contributed by atoms with van der Waals surface area (Å²) in [6.45, 7) is 4.42. The number of halogens is 3. The van der Waals surface area contributed by atoms with Crippen LogP contribution in [0.2, 0.25) is 0 Å². The Labute approximate surface area is 173 Å². The molecule has 2 fully saturated rings. The summed E-state index contributed by atoms with van der Waals surface area (Å²) in [6.07, 6.45) is -3.30. The Hall–Kier alpha value is -2.17. The summed E-state index contributed by atoms with van der Waals surface area (Å²) in [6, 6.07) is 10.4. The van der Waals surface area contributed by atoms with Gasteiger partial charge in [0.05, 0.1) is 18.1 Å². The van der Waals surface area contributed by atoms with E-state index in [1.807, 2.05) is 6.07 Å². The number of nitrogens with one attached hydrogen (secondary N) is 1. The number of hydrogen-bond donors (Lipinski definition) is 2. The molecule has 2 aliphatic heterocycles. The second kappa shape index (κ2) is 10.7. The molecule has 0 bridgehead atoms. The van der Waals surface area contributed by atoms with Gasteiger partial charge in [-0.3, -0.25) is 9.69 Å². The molecule has 7 nitrogen and oxygen atoms in total. The number of ether oxygens (including phenoxy) is 2. The van der Waals surface area contributed by atoms with Crippen molar-refractivity contribution in [1.82, 2.24) is 10.2 Å². The standard InChI is InChI=1S/C18H26N2O3.C2HF3O2/c1-22-12-9-19-17(21)18-8-11-23-16(18)7-10-20(14-18)13-15-5-3-2-4-6-15;3-2(4,5)1(6)7/h2-6,16H,7-14H2,1H3,(H,19,21);(H,6,7)/t16-,18-;/m1./s1. The van der Waals surface area contributed by atoms with Crippen molar-refractivity contribution in [2.45, 2.75) is 31.7 Å². The van der Waals surface area contributed by atoms with Crippen LogP contribution in [-0.2, 0) is 25.6 Å². The lowest BCUT2D eigenvalue weighted by molar-refractivity contribution is -0.192. The van der Waals surface area contributed by atoms with Crippen molar-refractivity contribution < 1.29 is 37.3 Å². The maximum atomic E-state index is 12.8. The highest BCUT2D eigenvalue weighted by atomic mass is 19.4. The van der Waals surface area contributed by atoms with Gasteiger partial charge in [0, 0.05) is 39.9 Å². The highest BCUT2D eigenvalue weighted by Gasteiger charge is 2.52. The summed E-state index contributed by atoms with van der Waals surface area (Å²) in [7, 11) is 1.65. The van der Waals surface area contributed by atoms with Crippen LogP contribution >= 0.6 is 0 Å². The van der Waals surface area contributed by atoms with Gasteiger partial charge >= 0.3 is 12.1 Å². The molecule has 1 aromatic rings. The van der Waals surface area contributed by atoms with Gasteiger partial charge in [0.2, 0.25) is 5.91 Å². The Morgan fingerprint density at radius 1 is 1.33 bits per heavy atom. The zero-order valence-electron chi connectivity index (χ0n) is 16.8. The molecule has 0 radical (unpaired) electrons. The summed E-state index contributed by atoms with van der Waals surface area (Å²) in [5, 5.41) is 10.2. The topological polar surface area (TPSA) is 88.1 Å². The molecule has 0 aliphatic carbocycles. The van der Waals surface area contributed by atoms with Crippen LogP contribution in [0.25, 0.3) is 0 Å². The van der Waals surface area contributed by atoms with Gasteiger partial charge in [0.25, 0.3) is 0 Å². The number of methoxy groups -OCH3 is 1. The highest BCUT2D eigenvalue weighted by molar-refractivity contribution is 5.84. The third-order valence-electron chi connectivity index (χ3n) is 5.23. The quantitative estimate of drug-likeness (QED) is 0.670. The predicted octanol–water partition coefficient (Wildman–Crippen LogP) is 2.06. The summed E-state index contributed by atoms with van der Waals surface area (Å²) in [5.41, 5.74) is 0.889. The number of piperidine rings is 1. The summed E-state index contributed by atoms with van der Waals surface area (Å²) >= 11 is 0. The third kappa shape index (κ3) is 6.41. The Bertz CT molecular complexity index is 701. The number of carbonyl (C=O) groups is 2. The molecule has 0 aromatic heterocycles. The zero-order chi connectivity index (χ0) is 22.2. The summed E-state index contributed by atoms with van der Waals surface area (Å²) in [4.78, 5) is 24.1. The normalized spacial score (nSPS) is 23.8. The molecular weight excluding hydrogens is 405 g/mol. The monoisotopic (exact) mass is 432 g/mol. The van der Waals surface area contributed by atoms with Gasteiger partial charge in [-0.05, 0) is 18.4 Å². The Kier molecular flexibility index (Phi) is 8.63. The number of rotatable bonds is 6. The summed E-state index contributed by atoms with van der Waals surface area (Å²) < 4.78 is 42.6. The van der Waals surface area contributed by atoms with E-state index in [1.165, 1.54) is 5.56 Å². The first-order valence-electron chi connectivity index (χ1n) is 9.64. The van der Waals surface area contributed by atoms with E-state index in [0.29, 0.717) is 19.8 Å². The van der Waals surface area contributed by atoms with E-state index in [9.17, 15) is 18.0 Å². The number of likely N-dealkylation sites (tertiary alicyclic amines) is 1. The molecule has 168 valence electrons. The van der Waals surface area contributed by atoms with E-state index in [0.717, 1.165) is 32.5 Å². The zero-order valence-corrected chi connectivity index (χ0v) is 16.8. The van der Waals surface area contributed by atoms with Gasteiger partial charge < -0.3 is 19.9 Å². The number of nitrogens with zero attached hydrogens (tertiary/aromatic N) is 1. The predicted molar refractivity (Wildman–Crippen MR) is 102 cm³/mol. The molecule has 2 aliphatic rings. The number of aliphatic carboxylic acids is 1. The molecule has 0 saturated carbocycles. The smallest absolute Gasteiger partial charge is 0.475 e. The van der Waals surface area contributed by atoms with Gasteiger partial charge in [0.1, 0.15) is 0 Å². The van der Waals surface area contributed by atoms with Crippen molar-refractivity contribution in [3.63, 3.8) is 0 Å². The molecule has 2 saturated heterocycles. The van der Waals surface area contributed by atoms with Crippen molar-refractivity contribution in [3.05, 3.63) is 35.9 Å². The maximum Gasteiger partial charge on any atom is 0.490 e. The molecule has 1 amide bonds. The average Bonchev–Trinajstić information content (AvgIpc) is 3.13. The van der Waals surface area contributed by atoms with Gasteiger partial charge in [-0.15, -0.1) is 0 Å². The number of alkyl halides is 3. The van der Waals surface area contributed by atoms with E-state index in [-0.39, 0.29) is 12.0 Å². The largest absolute Gasteiger partial charge is 0.490 e. The van der Waals surface area contributed by atoms with E-state index >= 15 is 0 Å². The highest BCUT2D eigenvalue weighted by Crippen LogP contribution is 2.41. The molecule has 2 heterocycles. The van der Waals surface area contributed by atoms with Gasteiger partial charge in [0.15, 0.2) is 0 Å². The van der Waals surface area contributed by atoms with Crippen molar-refractivity contribution in [2.24, 2.45) is 5.41 Å². The average molecular weight is 432 g/mol. The minimum atomic E-state index is -5.08. The number of carbonyl (C=O) groups excluding carboxylic acids is 1. The number of carboxylic acids is 1. The van der Waals surface area contributed by atoms with Crippen LogP contribution in [-0.4, -0.2) is 74.1 Å². The third-order valence-corrected chi connectivity index (χ3v) is 5.23. The van der Waals surface area contributed by atoms with E-state index in [4.69, 9.17) is 19.4 Å². The maximum absolute atomic E-state index is 12.8. The molecule has 1 aromatic carbocycles. The number of benzene rings is 1. The van der Waals surface area contributed by atoms with Crippen LogP contribution in [0.4, 0.5) is 13.2 Å². The van der Waals surface area contributed by atoms with Crippen molar-refractivity contribution in [3.8, 4) is 0 Å². The first-order chi connectivity index (χ1) is 14.2. The summed E-state index contributed by atoms with van der Waals surface area (Å²) in [5.74, 6) is -2.64. The molecule has 0 unspecified atom stereocenters. The lowest BCUT2D eigenvalue weighted by atomic mass is 9.75. The molecule has 2 N–H and O–H groups in total. The lowest BCUT2D eigenvalue weighted by Crippen LogP contribution is -2.57.